The number of aryl methyl sites for hydroxylation is 2. The van der Waals surface area contributed by atoms with E-state index in [4.69, 9.17) is 16.3 Å². The number of hydrogen-bond donors (Lipinski definition) is 1. The lowest BCUT2D eigenvalue weighted by Crippen LogP contribution is -2.48. The van der Waals surface area contributed by atoms with Gasteiger partial charge >= 0.3 is 0 Å². The normalized spacial score (nSPS) is 11.6. The molecule has 0 fully saturated rings. The summed E-state index contributed by atoms with van der Waals surface area (Å²) in [6.07, 6.45) is 0. The van der Waals surface area contributed by atoms with Crippen molar-refractivity contribution >= 4 is 39.3 Å². The van der Waals surface area contributed by atoms with Gasteiger partial charge in [0.2, 0.25) is 5.91 Å². The molecule has 0 aliphatic carbocycles. The quantitative estimate of drug-likeness (QED) is 0.662. The first kappa shape index (κ1) is 22.2. The van der Waals surface area contributed by atoms with E-state index in [0.717, 1.165) is 21.2 Å². The van der Waals surface area contributed by atoms with Crippen LogP contribution < -0.4 is 10.1 Å². The minimum atomic E-state index is -0.631. The second-order valence-corrected chi connectivity index (χ2v) is 7.90. The molecule has 0 spiro atoms. The number of likely N-dealkylation sites (N-methyl/N-ethyl adjacent to an activating group) is 1. The van der Waals surface area contributed by atoms with Crippen LogP contribution in [0.1, 0.15) is 23.6 Å². The first-order chi connectivity index (χ1) is 13.2. The minimum Gasteiger partial charge on any atom is -0.484 e. The molecule has 0 heterocycles. The first-order valence-electron chi connectivity index (χ1n) is 8.88. The van der Waals surface area contributed by atoms with Gasteiger partial charge in [-0.2, -0.15) is 0 Å². The number of halogens is 2. The lowest BCUT2D eigenvalue weighted by atomic mass is 10.1. The third kappa shape index (κ3) is 5.72. The van der Waals surface area contributed by atoms with Crippen LogP contribution in [0.5, 0.6) is 5.75 Å². The number of nitrogens with zero attached hydrogens (tertiary/aromatic N) is 1. The summed E-state index contributed by atoms with van der Waals surface area (Å²) in [6, 6.07) is 10.6. The summed E-state index contributed by atoms with van der Waals surface area (Å²) >= 11 is 9.61. The van der Waals surface area contributed by atoms with E-state index < -0.39 is 6.04 Å². The summed E-state index contributed by atoms with van der Waals surface area (Å²) in [5, 5.41) is 3.28. The fraction of sp³-hybridized carbons (Fsp3) is 0.333. The van der Waals surface area contributed by atoms with E-state index in [1.165, 1.54) is 4.90 Å². The molecular weight excluding hydrogens is 444 g/mol. The van der Waals surface area contributed by atoms with E-state index in [2.05, 4.69) is 21.2 Å². The highest BCUT2D eigenvalue weighted by molar-refractivity contribution is 9.10. The highest BCUT2D eigenvalue weighted by Gasteiger charge is 2.26. The van der Waals surface area contributed by atoms with Crippen molar-refractivity contribution in [1.82, 2.24) is 10.2 Å². The topological polar surface area (TPSA) is 58.6 Å². The smallest absolute Gasteiger partial charge is 0.261 e. The van der Waals surface area contributed by atoms with Crippen molar-refractivity contribution in [2.24, 2.45) is 0 Å². The Morgan fingerprint density at radius 1 is 1.21 bits per heavy atom. The largest absolute Gasteiger partial charge is 0.484 e. The molecule has 1 atom stereocenters. The van der Waals surface area contributed by atoms with E-state index >= 15 is 0 Å². The predicted molar refractivity (Wildman–Crippen MR) is 115 cm³/mol. The van der Waals surface area contributed by atoms with E-state index in [1.807, 2.05) is 38.1 Å². The van der Waals surface area contributed by atoms with Crippen LogP contribution in [0.4, 0.5) is 0 Å². The predicted octanol–water partition coefficient (Wildman–Crippen LogP) is 4.26. The van der Waals surface area contributed by atoms with E-state index in [-0.39, 0.29) is 18.4 Å². The number of amides is 2. The molecule has 0 aromatic heterocycles. The van der Waals surface area contributed by atoms with Gasteiger partial charge in [0.1, 0.15) is 11.8 Å². The lowest BCUT2D eigenvalue weighted by Gasteiger charge is -2.28. The molecule has 0 unspecified atom stereocenters. The summed E-state index contributed by atoms with van der Waals surface area (Å²) in [7, 11) is 1.55. The molecule has 0 radical (unpaired) electrons. The molecule has 0 saturated heterocycles. The van der Waals surface area contributed by atoms with Crippen molar-refractivity contribution in [3.05, 3.63) is 62.6 Å². The molecule has 2 aromatic carbocycles. The van der Waals surface area contributed by atoms with Gasteiger partial charge < -0.3 is 15.0 Å². The Balaban J connectivity index is 2.17. The fourth-order valence-corrected chi connectivity index (χ4v) is 3.40. The number of rotatable bonds is 7. The van der Waals surface area contributed by atoms with Crippen LogP contribution in [0.3, 0.4) is 0 Å². The van der Waals surface area contributed by atoms with Gasteiger partial charge in [-0.3, -0.25) is 9.59 Å². The SMILES string of the molecule is CNC(=O)[C@@H](C)N(Cc1cccc(Br)c1)C(=O)COc1cc(C)c(Cl)c(C)c1. The lowest BCUT2D eigenvalue weighted by molar-refractivity contribution is -0.142. The van der Waals surface area contributed by atoms with Crippen molar-refractivity contribution in [3.63, 3.8) is 0 Å². The Morgan fingerprint density at radius 3 is 2.43 bits per heavy atom. The Kier molecular flexibility index (Phi) is 7.89. The number of benzene rings is 2. The number of ether oxygens (including phenoxy) is 1. The standard InChI is InChI=1S/C21H24BrClN2O3/c1-13-8-18(9-14(2)20(13)23)28-12-19(26)25(15(3)21(27)24-4)11-16-6-5-7-17(22)10-16/h5-10,15H,11-12H2,1-4H3,(H,24,27)/t15-/m1/s1. The van der Waals surface area contributed by atoms with Crippen LogP contribution in [0.25, 0.3) is 0 Å². The number of carbonyl (C=O) groups is 2. The monoisotopic (exact) mass is 466 g/mol. The van der Waals surface area contributed by atoms with Crippen molar-refractivity contribution in [1.29, 1.82) is 0 Å². The molecule has 0 saturated carbocycles. The van der Waals surface area contributed by atoms with E-state index in [0.29, 0.717) is 17.3 Å². The van der Waals surface area contributed by atoms with Gasteiger partial charge in [0.05, 0.1) is 0 Å². The molecule has 7 heteroatoms. The van der Waals surface area contributed by atoms with Crippen LogP contribution in [-0.4, -0.2) is 36.4 Å². The van der Waals surface area contributed by atoms with Crippen LogP contribution in [0.15, 0.2) is 40.9 Å². The van der Waals surface area contributed by atoms with Crippen molar-refractivity contribution in [2.45, 2.75) is 33.4 Å². The molecule has 2 amide bonds. The van der Waals surface area contributed by atoms with Crippen LogP contribution >= 0.6 is 27.5 Å². The third-order valence-electron chi connectivity index (χ3n) is 4.43. The van der Waals surface area contributed by atoms with Gasteiger partial charge in [-0.05, 0) is 61.7 Å². The summed E-state index contributed by atoms with van der Waals surface area (Å²) in [5.41, 5.74) is 2.68. The molecular formula is C21H24BrClN2O3. The maximum absolute atomic E-state index is 12.9. The average molecular weight is 468 g/mol. The molecule has 28 heavy (non-hydrogen) atoms. The molecule has 150 valence electrons. The number of hydrogen-bond acceptors (Lipinski definition) is 3. The molecule has 2 aromatic rings. The molecule has 1 N–H and O–H groups in total. The van der Waals surface area contributed by atoms with E-state index in [9.17, 15) is 9.59 Å². The van der Waals surface area contributed by atoms with Gasteiger partial charge in [0.25, 0.3) is 5.91 Å². The van der Waals surface area contributed by atoms with Crippen LogP contribution in [-0.2, 0) is 16.1 Å². The molecule has 2 rings (SSSR count). The zero-order valence-corrected chi connectivity index (χ0v) is 18.7. The zero-order valence-electron chi connectivity index (χ0n) is 16.4. The summed E-state index contributed by atoms with van der Waals surface area (Å²) < 4.78 is 6.61. The second kappa shape index (κ2) is 9.94. The highest BCUT2D eigenvalue weighted by atomic mass is 79.9. The van der Waals surface area contributed by atoms with Crippen LogP contribution in [0.2, 0.25) is 5.02 Å². The van der Waals surface area contributed by atoms with Crippen LogP contribution in [0, 0.1) is 13.8 Å². The zero-order chi connectivity index (χ0) is 20.8. The summed E-state index contributed by atoms with van der Waals surface area (Å²) in [4.78, 5) is 26.5. The molecule has 5 nitrogen and oxygen atoms in total. The Hall–Kier alpha value is -2.05. The highest BCUT2D eigenvalue weighted by Crippen LogP contribution is 2.26. The summed E-state index contributed by atoms with van der Waals surface area (Å²) in [5.74, 6) is 0.0608. The molecule has 0 bridgehead atoms. The number of nitrogens with one attached hydrogen (secondary N) is 1. The molecule has 0 aliphatic heterocycles. The maximum Gasteiger partial charge on any atom is 0.261 e. The first-order valence-corrected chi connectivity index (χ1v) is 10.0. The Morgan fingerprint density at radius 2 is 1.86 bits per heavy atom. The average Bonchev–Trinajstić information content (AvgIpc) is 2.67. The van der Waals surface area contributed by atoms with Crippen molar-refractivity contribution in [2.75, 3.05) is 13.7 Å². The number of carbonyl (C=O) groups excluding carboxylic acids is 2. The van der Waals surface area contributed by atoms with Gasteiger partial charge in [0, 0.05) is 23.1 Å². The summed E-state index contributed by atoms with van der Waals surface area (Å²) in [6.45, 7) is 5.60. The van der Waals surface area contributed by atoms with Crippen molar-refractivity contribution in [3.8, 4) is 5.75 Å². The fourth-order valence-electron chi connectivity index (χ4n) is 2.84. The Labute approximate surface area is 179 Å². The minimum absolute atomic E-state index is 0.171. The van der Waals surface area contributed by atoms with Gasteiger partial charge in [-0.25, -0.2) is 0 Å². The Bertz CT molecular complexity index is 849. The van der Waals surface area contributed by atoms with Gasteiger partial charge in [-0.1, -0.05) is 39.7 Å². The molecule has 0 aliphatic rings. The van der Waals surface area contributed by atoms with Gasteiger partial charge in [-0.15, -0.1) is 0 Å². The second-order valence-electron chi connectivity index (χ2n) is 6.60. The van der Waals surface area contributed by atoms with E-state index in [1.54, 1.807) is 26.1 Å². The van der Waals surface area contributed by atoms with Crippen molar-refractivity contribution < 1.29 is 14.3 Å². The maximum atomic E-state index is 12.9. The van der Waals surface area contributed by atoms with Gasteiger partial charge in [0.15, 0.2) is 6.61 Å². The third-order valence-corrected chi connectivity index (χ3v) is 5.52.